The summed E-state index contributed by atoms with van der Waals surface area (Å²) in [6.07, 6.45) is 4.06. The van der Waals surface area contributed by atoms with Gasteiger partial charge in [0.15, 0.2) is 12.2 Å². The van der Waals surface area contributed by atoms with Crippen LogP contribution in [0.5, 0.6) is 0 Å². The van der Waals surface area contributed by atoms with E-state index in [1.807, 2.05) is 0 Å². The summed E-state index contributed by atoms with van der Waals surface area (Å²) in [5.41, 5.74) is 0.856. The van der Waals surface area contributed by atoms with Gasteiger partial charge in [-0.2, -0.15) is 0 Å². The first-order chi connectivity index (χ1) is 5.38. The highest BCUT2D eigenvalue weighted by molar-refractivity contribution is 7.93. The third-order valence-corrected chi connectivity index (χ3v) is 2.52. The maximum Gasteiger partial charge on any atom is 0.262 e. The van der Waals surface area contributed by atoms with Crippen molar-refractivity contribution in [3.05, 3.63) is 11.3 Å². The third-order valence-electron chi connectivity index (χ3n) is 1.97. The predicted octanol–water partition coefficient (Wildman–Crippen LogP) is 1.52. The van der Waals surface area contributed by atoms with Crippen LogP contribution in [-0.2, 0) is 8.98 Å². The quantitative estimate of drug-likeness (QED) is 0.443. The summed E-state index contributed by atoms with van der Waals surface area (Å²) in [5.74, 6) is 0.931. The molecule has 2 rings (SSSR count). The third kappa shape index (κ3) is 1.22. The highest BCUT2D eigenvalue weighted by Gasteiger charge is 2.24. The van der Waals surface area contributed by atoms with Gasteiger partial charge in [-0.05, 0) is 19.3 Å². The molecule has 0 saturated heterocycles. The highest BCUT2D eigenvalue weighted by Crippen LogP contribution is 2.31. The Bertz CT molecular complexity index is 220. The van der Waals surface area contributed by atoms with Crippen LogP contribution in [0.25, 0.3) is 0 Å². The van der Waals surface area contributed by atoms with Gasteiger partial charge in [0.1, 0.15) is 5.76 Å². The van der Waals surface area contributed by atoms with Crippen molar-refractivity contribution in [2.75, 3.05) is 0 Å². The molecule has 11 heavy (non-hydrogen) atoms. The summed E-state index contributed by atoms with van der Waals surface area (Å²) in [7, 11) is 0. The smallest absolute Gasteiger partial charge is 0.262 e. The van der Waals surface area contributed by atoms with Crippen molar-refractivity contribution >= 4 is 18.1 Å². The molecule has 0 fully saturated rings. The lowest BCUT2D eigenvalue weighted by Gasteiger charge is -2.22. The van der Waals surface area contributed by atoms with Crippen LogP contribution in [0.4, 0.5) is 0 Å². The first-order valence-electron chi connectivity index (χ1n) is 3.74. The zero-order valence-corrected chi connectivity index (χ0v) is 6.87. The van der Waals surface area contributed by atoms with Crippen LogP contribution in [0.2, 0.25) is 0 Å². The number of carbonyl (C=O) groups is 1. The molecule has 1 aliphatic heterocycles. The van der Waals surface area contributed by atoms with Gasteiger partial charge in [0.25, 0.3) is 5.91 Å². The van der Waals surface area contributed by atoms with Gasteiger partial charge in [-0.3, -0.25) is 9.52 Å². The Morgan fingerprint density at radius 2 is 2.18 bits per heavy atom. The zero-order valence-electron chi connectivity index (χ0n) is 6.05. The van der Waals surface area contributed by atoms with E-state index in [4.69, 9.17) is 4.18 Å². The molecule has 3 nitrogen and oxygen atoms in total. The molecule has 60 valence electrons. The lowest BCUT2D eigenvalue weighted by atomic mass is 9.97. The minimum Gasteiger partial charge on any atom is -0.409 e. The minimum atomic E-state index is 0.0379. The van der Waals surface area contributed by atoms with Gasteiger partial charge >= 0.3 is 0 Å². The van der Waals surface area contributed by atoms with E-state index in [0.29, 0.717) is 0 Å². The number of rotatable bonds is 0. The molecule has 0 unspecified atom stereocenters. The van der Waals surface area contributed by atoms with Crippen molar-refractivity contribution in [2.45, 2.75) is 25.7 Å². The fourth-order valence-corrected chi connectivity index (χ4v) is 1.91. The van der Waals surface area contributed by atoms with Crippen LogP contribution in [0.15, 0.2) is 11.3 Å². The van der Waals surface area contributed by atoms with Gasteiger partial charge in [0, 0.05) is 6.42 Å². The number of hydrogen-bond donors (Lipinski definition) is 1. The molecule has 0 bridgehead atoms. The highest BCUT2D eigenvalue weighted by atomic mass is 32.2. The number of allylic oxidation sites excluding steroid dienone is 1. The van der Waals surface area contributed by atoms with Gasteiger partial charge in [-0.15, -0.1) is 0 Å². The Kier molecular flexibility index (Phi) is 1.77. The molecular formula is C7H9NO2S. The summed E-state index contributed by atoms with van der Waals surface area (Å²) < 4.78 is 7.80. The molecule has 0 aromatic rings. The Morgan fingerprint density at radius 3 is 3.00 bits per heavy atom. The van der Waals surface area contributed by atoms with Gasteiger partial charge in [0.05, 0.1) is 5.57 Å². The van der Waals surface area contributed by atoms with Crippen molar-refractivity contribution in [3.8, 4) is 0 Å². The van der Waals surface area contributed by atoms with Gasteiger partial charge in [-0.1, -0.05) is 0 Å². The first kappa shape index (κ1) is 7.03. The fourth-order valence-electron chi connectivity index (χ4n) is 1.38. The van der Waals surface area contributed by atoms with Crippen molar-refractivity contribution in [3.63, 3.8) is 0 Å². The van der Waals surface area contributed by atoms with E-state index >= 15 is 0 Å². The second-order valence-corrected chi connectivity index (χ2v) is 3.24. The van der Waals surface area contributed by atoms with Crippen molar-refractivity contribution in [2.24, 2.45) is 0 Å². The van der Waals surface area contributed by atoms with Crippen LogP contribution in [0.3, 0.4) is 0 Å². The Morgan fingerprint density at radius 1 is 1.36 bits per heavy atom. The molecule has 1 heterocycles. The molecule has 2 aliphatic rings. The maximum absolute atomic E-state index is 11.2. The molecule has 0 aromatic heterocycles. The van der Waals surface area contributed by atoms with E-state index in [1.54, 1.807) is 0 Å². The maximum atomic E-state index is 11.2. The van der Waals surface area contributed by atoms with Crippen LogP contribution < -0.4 is 4.72 Å². The van der Waals surface area contributed by atoms with E-state index in [1.165, 1.54) is 0 Å². The lowest BCUT2D eigenvalue weighted by molar-refractivity contribution is -0.116. The molecule has 1 N–H and O–H groups in total. The molecule has 1 amide bonds. The van der Waals surface area contributed by atoms with E-state index in [-0.39, 0.29) is 5.91 Å². The summed E-state index contributed by atoms with van der Waals surface area (Å²) in [6, 6.07) is 0. The molecule has 1 aliphatic carbocycles. The van der Waals surface area contributed by atoms with Crippen molar-refractivity contribution < 1.29 is 8.98 Å². The molecule has 0 aromatic carbocycles. The van der Waals surface area contributed by atoms with E-state index in [2.05, 4.69) is 4.72 Å². The number of carbonyl (C=O) groups excluding carboxylic acids is 1. The predicted molar refractivity (Wildman–Crippen MR) is 42.3 cm³/mol. The summed E-state index contributed by atoms with van der Waals surface area (Å²) >= 11 is 1.03. The standard InChI is InChI=1S/C7H9NO2S/c9-7-5-3-1-2-4-6(5)10-11-8-7/h1-4H2,(H,8,9). The van der Waals surface area contributed by atoms with E-state index in [0.717, 1.165) is 49.2 Å². The molecular weight excluding hydrogens is 162 g/mol. The summed E-state index contributed by atoms with van der Waals surface area (Å²) in [5, 5.41) is 0. The summed E-state index contributed by atoms with van der Waals surface area (Å²) in [4.78, 5) is 11.2. The van der Waals surface area contributed by atoms with Crippen LogP contribution in [-0.4, -0.2) is 5.91 Å². The summed E-state index contributed by atoms with van der Waals surface area (Å²) in [6.45, 7) is 0. The Labute approximate surface area is 69.5 Å². The molecule has 0 saturated carbocycles. The van der Waals surface area contributed by atoms with Crippen LogP contribution >= 0.6 is 12.2 Å². The normalized spacial score (nSPS) is 23.8. The molecule has 0 radical (unpaired) electrons. The number of amides is 1. The second kappa shape index (κ2) is 2.77. The van der Waals surface area contributed by atoms with Gasteiger partial charge < -0.3 is 4.18 Å². The zero-order chi connectivity index (χ0) is 7.68. The van der Waals surface area contributed by atoms with Crippen molar-refractivity contribution in [1.29, 1.82) is 0 Å². The molecule has 0 atom stereocenters. The monoisotopic (exact) mass is 171 g/mol. The van der Waals surface area contributed by atoms with Crippen LogP contribution in [0, 0.1) is 0 Å². The average Bonchev–Trinajstić information content (AvgIpc) is 2.06. The number of hydrogen-bond acceptors (Lipinski definition) is 3. The average molecular weight is 171 g/mol. The van der Waals surface area contributed by atoms with Crippen LogP contribution in [0.1, 0.15) is 25.7 Å². The SMILES string of the molecule is O=C1NSOC2=C1CCCC2. The van der Waals surface area contributed by atoms with E-state index in [9.17, 15) is 4.79 Å². The van der Waals surface area contributed by atoms with E-state index < -0.39 is 0 Å². The molecule has 0 spiro atoms. The van der Waals surface area contributed by atoms with Gasteiger partial charge in [-0.25, -0.2) is 0 Å². The molecule has 4 heteroatoms. The fraction of sp³-hybridized carbons (Fsp3) is 0.571. The minimum absolute atomic E-state index is 0.0379. The van der Waals surface area contributed by atoms with Gasteiger partial charge in [0.2, 0.25) is 0 Å². The lowest BCUT2D eigenvalue weighted by Crippen LogP contribution is -2.26. The Balaban J connectivity index is 2.27. The van der Waals surface area contributed by atoms with Crippen molar-refractivity contribution in [1.82, 2.24) is 4.72 Å². The Hall–Kier alpha value is -0.640. The largest absolute Gasteiger partial charge is 0.409 e. The topological polar surface area (TPSA) is 38.3 Å². The first-order valence-corrected chi connectivity index (χ1v) is 4.48. The number of nitrogens with one attached hydrogen (secondary N) is 1. The second-order valence-electron chi connectivity index (χ2n) is 2.71.